The van der Waals surface area contributed by atoms with E-state index in [0.717, 1.165) is 11.1 Å². The largest absolute Gasteiger partial charge is 0.481 e. The first-order valence-corrected chi connectivity index (χ1v) is 5.70. The monoisotopic (exact) mass is 228 g/mol. The van der Waals surface area contributed by atoms with Crippen LogP contribution in [0.15, 0.2) is 48.6 Å². The van der Waals surface area contributed by atoms with Gasteiger partial charge in [0.25, 0.3) is 0 Å². The highest BCUT2D eigenvalue weighted by Crippen LogP contribution is 2.41. The molecule has 1 aliphatic carbocycles. The molecule has 1 aromatic carbocycles. The minimum Gasteiger partial charge on any atom is -0.481 e. The van der Waals surface area contributed by atoms with Crippen LogP contribution in [-0.4, -0.2) is 11.1 Å². The molecule has 0 radical (unpaired) electrons. The summed E-state index contributed by atoms with van der Waals surface area (Å²) in [5.41, 5.74) is 1.35. The molecule has 0 fully saturated rings. The van der Waals surface area contributed by atoms with Crippen molar-refractivity contribution >= 4 is 5.97 Å². The number of hydrogen-bond donors (Lipinski definition) is 1. The van der Waals surface area contributed by atoms with Gasteiger partial charge in [-0.05, 0) is 25.0 Å². The molecular formula is C15H16O2. The molecule has 2 heteroatoms. The zero-order chi connectivity index (χ0) is 12.5. The fraction of sp³-hybridized carbons (Fsp3) is 0.267. The molecule has 2 nitrogen and oxygen atoms in total. The predicted molar refractivity (Wildman–Crippen MR) is 67.9 cm³/mol. The van der Waals surface area contributed by atoms with Gasteiger partial charge in [-0.15, -0.1) is 0 Å². The summed E-state index contributed by atoms with van der Waals surface area (Å²) in [6, 6.07) is 7.95. The minimum absolute atomic E-state index is 0.105. The zero-order valence-corrected chi connectivity index (χ0v) is 10.1. The number of aryl methyl sites for hydroxylation is 1. The van der Waals surface area contributed by atoms with Gasteiger partial charge >= 0.3 is 5.97 Å². The molecule has 88 valence electrons. The Morgan fingerprint density at radius 3 is 2.65 bits per heavy atom. The first-order valence-electron chi connectivity index (χ1n) is 5.70. The first kappa shape index (κ1) is 11.6. The summed E-state index contributed by atoms with van der Waals surface area (Å²) in [5, 5.41) is 9.43. The van der Waals surface area contributed by atoms with Gasteiger partial charge in [0.1, 0.15) is 0 Å². The molecule has 1 aliphatic rings. The maximum atomic E-state index is 11.5. The van der Waals surface area contributed by atoms with Crippen molar-refractivity contribution in [2.24, 2.45) is 5.41 Å². The maximum absolute atomic E-state index is 11.5. The van der Waals surface area contributed by atoms with Crippen LogP contribution < -0.4 is 0 Å². The lowest BCUT2D eigenvalue weighted by molar-refractivity contribution is -0.145. The molecule has 0 amide bonds. The van der Waals surface area contributed by atoms with Gasteiger partial charge in [-0.2, -0.15) is 0 Å². The molecule has 17 heavy (non-hydrogen) atoms. The number of carboxylic acids is 1. The van der Waals surface area contributed by atoms with Crippen molar-refractivity contribution < 1.29 is 9.90 Å². The lowest BCUT2D eigenvalue weighted by Crippen LogP contribution is -2.33. The van der Waals surface area contributed by atoms with Gasteiger partial charge in [-0.25, -0.2) is 0 Å². The van der Waals surface area contributed by atoms with E-state index < -0.39 is 11.4 Å². The highest BCUT2D eigenvalue weighted by Gasteiger charge is 2.40. The van der Waals surface area contributed by atoms with E-state index in [1.165, 1.54) is 0 Å². The molecule has 0 aliphatic heterocycles. The Morgan fingerprint density at radius 2 is 2.00 bits per heavy atom. The van der Waals surface area contributed by atoms with E-state index >= 15 is 0 Å². The quantitative estimate of drug-likeness (QED) is 0.843. The van der Waals surface area contributed by atoms with E-state index in [2.05, 4.69) is 0 Å². The highest BCUT2D eigenvalue weighted by atomic mass is 16.4. The molecule has 0 spiro atoms. The summed E-state index contributed by atoms with van der Waals surface area (Å²) in [5.74, 6) is -0.891. The number of carbonyl (C=O) groups is 1. The van der Waals surface area contributed by atoms with Gasteiger partial charge in [0.15, 0.2) is 0 Å². The van der Waals surface area contributed by atoms with Crippen molar-refractivity contribution in [2.45, 2.75) is 19.8 Å². The molecule has 2 atom stereocenters. The Hall–Kier alpha value is -1.83. The third-order valence-electron chi connectivity index (χ3n) is 3.49. The molecule has 2 rings (SSSR count). The number of carboxylic acid groups (broad SMARTS) is 1. The van der Waals surface area contributed by atoms with Gasteiger partial charge in [-0.3, -0.25) is 4.79 Å². The average molecular weight is 228 g/mol. The Labute approximate surface area is 101 Å². The van der Waals surface area contributed by atoms with Crippen LogP contribution in [0.3, 0.4) is 0 Å². The fourth-order valence-corrected chi connectivity index (χ4v) is 2.30. The number of benzene rings is 1. The van der Waals surface area contributed by atoms with Crippen molar-refractivity contribution in [2.75, 3.05) is 0 Å². The Kier molecular flexibility index (Phi) is 2.88. The summed E-state index contributed by atoms with van der Waals surface area (Å²) in [6.45, 7) is 3.79. The van der Waals surface area contributed by atoms with Gasteiger partial charge in [0, 0.05) is 5.92 Å². The van der Waals surface area contributed by atoms with Crippen LogP contribution in [-0.2, 0) is 4.79 Å². The summed E-state index contributed by atoms with van der Waals surface area (Å²) in [7, 11) is 0. The molecule has 0 heterocycles. The van der Waals surface area contributed by atoms with E-state index in [4.69, 9.17) is 0 Å². The topological polar surface area (TPSA) is 37.3 Å². The average Bonchev–Trinajstić information content (AvgIpc) is 2.31. The van der Waals surface area contributed by atoms with Crippen molar-refractivity contribution in [3.63, 3.8) is 0 Å². The summed E-state index contributed by atoms with van der Waals surface area (Å²) < 4.78 is 0. The van der Waals surface area contributed by atoms with Crippen LogP contribution >= 0.6 is 0 Å². The lowest BCUT2D eigenvalue weighted by atomic mass is 9.70. The van der Waals surface area contributed by atoms with E-state index in [0.29, 0.717) is 0 Å². The number of hydrogen-bond acceptors (Lipinski definition) is 1. The van der Waals surface area contributed by atoms with Crippen molar-refractivity contribution in [1.82, 2.24) is 0 Å². The van der Waals surface area contributed by atoms with E-state index in [1.54, 1.807) is 13.0 Å². The molecule has 1 N–H and O–H groups in total. The first-order chi connectivity index (χ1) is 8.05. The Balaban J connectivity index is 2.51. The lowest BCUT2D eigenvalue weighted by Gasteiger charge is -2.32. The number of allylic oxidation sites excluding steroid dienone is 3. The van der Waals surface area contributed by atoms with E-state index in [1.807, 2.05) is 49.4 Å². The second kappa shape index (κ2) is 4.21. The van der Waals surface area contributed by atoms with Gasteiger partial charge in [0.05, 0.1) is 5.41 Å². The summed E-state index contributed by atoms with van der Waals surface area (Å²) in [4.78, 5) is 11.5. The van der Waals surface area contributed by atoms with Crippen LogP contribution in [0.1, 0.15) is 24.0 Å². The second-order valence-electron chi connectivity index (χ2n) is 4.67. The van der Waals surface area contributed by atoms with Crippen LogP contribution in [0.2, 0.25) is 0 Å². The second-order valence-corrected chi connectivity index (χ2v) is 4.67. The third kappa shape index (κ3) is 1.91. The molecule has 0 aromatic heterocycles. The normalized spacial score (nSPS) is 27.1. The van der Waals surface area contributed by atoms with Crippen LogP contribution in [0.25, 0.3) is 0 Å². The van der Waals surface area contributed by atoms with Gasteiger partial charge < -0.3 is 5.11 Å². The zero-order valence-electron chi connectivity index (χ0n) is 10.1. The fourth-order valence-electron chi connectivity index (χ4n) is 2.30. The SMILES string of the molecule is Cc1ccccc1C1C=CC=CC1(C)C(=O)O. The number of rotatable bonds is 2. The predicted octanol–water partition coefficient (Wildman–Crippen LogP) is 3.30. The minimum atomic E-state index is -0.860. The van der Waals surface area contributed by atoms with Crippen LogP contribution in [0.5, 0.6) is 0 Å². The Bertz CT molecular complexity index is 499. The van der Waals surface area contributed by atoms with Gasteiger partial charge in [-0.1, -0.05) is 48.6 Å². The van der Waals surface area contributed by atoms with Crippen LogP contribution in [0.4, 0.5) is 0 Å². The van der Waals surface area contributed by atoms with Crippen LogP contribution in [0, 0.1) is 12.3 Å². The summed E-state index contributed by atoms with van der Waals surface area (Å²) >= 11 is 0. The van der Waals surface area contributed by atoms with E-state index in [9.17, 15) is 9.90 Å². The Morgan fingerprint density at radius 1 is 1.29 bits per heavy atom. The molecular weight excluding hydrogens is 212 g/mol. The van der Waals surface area contributed by atoms with E-state index in [-0.39, 0.29) is 5.92 Å². The smallest absolute Gasteiger partial charge is 0.314 e. The molecule has 0 saturated heterocycles. The molecule has 0 saturated carbocycles. The molecule has 2 unspecified atom stereocenters. The summed E-state index contributed by atoms with van der Waals surface area (Å²) in [6.07, 6.45) is 7.47. The number of aliphatic carboxylic acids is 1. The maximum Gasteiger partial charge on any atom is 0.314 e. The highest BCUT2D eigenvalue weighted by molar-refractivity contribution is 5.79. The van der Waals surface area contributed by atoms with Crippen molar-refractivity contribution in [1.29, 1.82) is 0 Å². The molecule has 0 bridgehead atoms. The van der Waals surface area contributed by atoms with Crippen molar-refractivity contribution in [3.05, 3.63) is 59.7 Å². The van der Waals surface area contributed by atoms with Crippen molar-refractivity contribution in [3.8, 4) is 0 Å². The third-order valence-corrected chi connectivity index (χ3v) is 3.49. The standard InChI is InChI=1S/C15H16O2/c1-11-7-3-4-8-12(11)13-9-5-6-10-15(13,2)14(16)17/h3-10,13H,1-2H3,(H,16,17). The van der Waals surface area contributed by atoms with Gasteiger partial charge in [0.2, 0.25) is 0 Å². The molecule has 1 aromatic rings.